The third-order valence-corrected chi connectivity index (χ3v) is 3.45. The fourth-order valence-electron chi connectivity index (χ4n) is 2.34. The van der Waals surface area contributed by atoms with Gasteiger partial charge in [0.2, 0.25) is 0 Å². The van der Waals surface area contributed by atoms with Crippen LogP contribution in [0, 0.1) is 6.92 Å². The third kappa shape index (κ3) is 3.21. The minimum atomic E-state index is 0.202. The lowest BCUT2D eigenvalue weighted by molar-refractivity contribution is 0.687. The fourth-order valence-corrected chi connectivity index (χ4v) is 2.34. The number of benzene rings is 1. The summed E-state index contributed by atoms with van der Waals surface area (Å²) >= 11 is 0. The zero-order valence-electron chi connectivity index (χ0n) is 12.1. The number of hydrogen-bond donors (Lipinski definition) is 1. The van der Waals surface area contributed by atoms with E-state index in [9.17, 15) is 0 Å². The molecule has 100 valence electrons. The predicted molar refractivity (Wildman–Crippen MR) is 80.4 cm³/mol. The molecule has 1 atom stereocenters. The second-order valence-corrected chi connectivity index (χ2v) is 5.34. The van der Waals surface area contributed by atoms with Crippen LogP contribution in [0.2, 0.25) is 0 Å². The van der Waals surface area contributed by atoms with Crippen LogP contribution in [0.5, 0.6) is 0 Å². The predicted octanol–water partition coefficient (Wildman–Crippen LogP) is 3.82. The summed E-state index contributed by atoms with van der Waals surface area (Å²) in [5, 5.41) is 3.37. The molecule has 0 aliphatic heterocycles. The minimum Gasteiger partial charge on any atom is -0.309 e. The standard InChI is InChI=1S/C17H22N2/c1-12(2)14-5-7-15(8-6-14)17(18-4)16-9-13(3)10-19-11-16/h5-12,17-18H,1-4H3. The van der Waals surface area contributed by atoms with Gasteiger partial charge in [-0.1, -0.05) is 44.2 Å². The summed E-state index contributed by atoms with van der Waals surface area (Å²) in [4.78, 5) is 4.28. The van der Waals surface area contributed by atoms with Crippen molar-refractivity contribution in [2.75, 3.05) is 7.05 Å². The molecule has 1 unspecified atom stereocenters. The van der Waals surface area contributed by atoms with E-state index >= 15 is 0 Å². The Bertz CT molecular complexity index is 529. The van der Waals surface area contributed by atoms with Gasteiger partial charge in [-0.2, -0.15) is 0 Å². The summed E-state index contributed by atoms with van der Waals surface area (Å²) in [6, 6.07) is 11.2. The lowest BCUT2D eigenvalue weighted by atomic mass is 9.96. The number of nitrogens with one attached hydrogen (secondary N) is 1. The molecule has 1 N–H and O–H groups in total. The van der Waals surface area contributed by atoms with Gasteiger partial charge in [0.1, 0.15) is 0 Å². The summed E-state index contributed by atoms with van der Waals surface area (Å²) in [6.07, 6.45) is 3.82. The molecular weight excluding hydrogens is 232 g/mol. The first kappa shape index (κ1) is 13.8. The Kier molecular flexibility index (Phi) is 4.33. The molecule has 0 bridgehead atoms. The van der Waals surface area contributed by atoms with Gasteiger partial charge in [0.05, 0.1) is 6.04 Å². The molecule has 2 heteroatoms. The van der Waals surface area contributed by atoms with Gasteiger partial charge in [-0.3, -0.25) is 4.98 Å². The summed E-state index contributed by atoms with van der Waals surface area (Å²) < 4.78 is 0. The summed E-state index contributed by atoms with van der Waals surface area (Å²) in [7, 11) is 1.99. The Morgan fingerprint density at radius 3 is 2.11 bits per heavy atom. The SMILES string of the molecule is CNC(c1ccc(C(C)C)cc1)c1cncc(C)c1. The molecular formula is C17H22N2. The average Bonchev–Trinajstić information content (AvgIpc) is 2.40. The quantitative estimate of drug-likeness (QED) is 0.897. The normalized spacial score (nSPS) is 12.7. The largest absolute Gasteiger partial charge is 0.309 e. The van der Waals surface area contributed by atoms with Crippen LogP contribution in [-0.2, 0) is 0 Å². The van der Waals surface area contributed by atoms with Crippen molar-refractivity contribution in [3.05, 3.63) is 65.0 Å². The van der Waals surface area contributed by atoms with Crippen molar-refractivity contribution in [1.82, 2.24) is 10.3 Å². The minimum absolute atomic E-state index is 0.202. The zero-order chi connectivity index (χ0) is 13.8. The maximum absolute atomic E-state index is 4.28. The van der Waals surface area contributed by atoms with Crippen molar-refractivity contribution in [3.8, 4) is 0 Å². The van der Waals surface area contributed by atoms with E-state index in [1.807, 2.05) is 19.4 Å². The zero-order valence-corrected chi connectivity index (χ0v) is 12.1. The average molecular weight is 254 g/mol. The monoisotopic (exact) mass is 254 g/mol. The summed E-state index contributed by atoms with van der Waals surface area (Å²) in [5.41, 5.74) is 5.05. The Morgan fingerprint density at radius 2 is 1.58 bits per heavy atom. The van der Waals surface area contributed by atoms with Crippen LogP contribution < -0.4 is 5.32 Å². The summed E-state index contributed by atoms with van der Waals surface area (Å²) in [5.74, 6) is 0.572. The van der Waals surface area contributed by atoms with Crippen molar-refractivity contribution < 1.29 is 0 Å². The van der Waals surface area contributed by atoms with Gasteiger partial charge in [0.25, 0.3) is 0 Å². The highest BCUT2D eigenvalue weighted by Gasteiger charge is 2.12. The molecule has 0 saturated heterocycles. The lowest BCUT2D eigenvalue weighted by Gasteiger charge is -2.18. The number of aryl methyl sites for hydroxylation is 1. The van der Waals surface area contributed by atoms with Crippen molar-refractivity contribution in [1.29, 1.82) is 0 Å². The van der Waals surface area contributed by atoms with Crippen LogP contribution in [0.4, 0.5) is 0 Å². The molecule has 0 amide bonds. The number of nitrogens with zero attached hydrogens (tertiary/aromatic N) is 1. The molecule has 2 aromatic rings. The van der Waals surface area contributed by atoms with Gasteiger partial charge < -0.3 is 5.32 Å². The first-order valence-corrected chi connectivity index (χ1v) is 6.80. The van der Waals surface area contributed by atoms with Gasteiger partial charge in [-0.15, -0.1) is 0 Å². The molecule has 0 spiro atoms. The molecule has 0 aliphatic rings. The van der Waals surface area contributed by atoms with Crippen LogP contribution in [0.25, 0.3) is 0 Å². The van der Waals surface area contributed by atoms with E-state index in [2.05, 4.69) is 61.4 Å². The highest BCUT2D eigenvalue weighted by molar-refractivity contribution is 5.34. The van der Waals surface area contributed by atoms with Gasteiger partial charge >= 0.3 is 0 Å². The van der Waals surface area contributed by atoms with Gasteiger partial charge in [-0.05, 0) is 42.1 Å². The Hall–Kier alpha value is -1.67. The Labute approximate surface area is 115 Å². The van der Waals surface area contributed by atoms with Gasteiger partial charge in [0.15, 0.2) is 0 Å². The molecule has 0 saturated carbocycles. The van der Waals surface area contributed by atoms with E-state index in [1.165, 1.54) is 22.3 Å². The Morgan fingerprint density at radius 1 is 0.947 bits per heavy atom. The number of pyridine rings is 1. The molecule has 0 fully saturated rings. The first-order chi connectivity index (χ1) is 9.11. The van der Waals surface area contributed by atoms with E-state index in [-0.39, 0.29) is 6.04 Å². The summed E-state index contributed by atoms with van der Waals surface area (Å²) in [6.45, 7) is 6.51. The molecule has 0 radical (unpaired) electrons. The first-order valence-electron chi connectivity index (χ1n) is 6.80. The second kappa shape index (κ2) is 5.98. The van der Waals surface area contributed by atoms with E-state index < -0.39 is 0 Å². The lowest BCUT2D eigenvalue weighted by Crippen LogP contribution is -2.18. The van der Waals surface area contributed by atoms with E-state index in [0.717, 1.165) is 0 Å². The molecule has 2 rings (SSSR count). The van der Waals surface area contributed by atoms with E-state index in [0.29, 0.717) is 5.92 Å². The molecule has 2 nitrogen and oxygen atoms in total. The molecule has 1 aromatic heterocycles. The molecule has 1 heterocycles. The van der Waals surface area contributed by atoms with Crippen molar-refractivity contribution in [2.24, 2.45) is 0 Å². The van der Waals surface area contributed by atoms with E-state index in [1.54, 1.807) is 0 Å². The van der Waals surface area contributed by atoms with Crippen molar-refractivity contribution >= 4 is 0 Å². The van der Waals surface area contributed by atoms with Crippen molar-refractivity contribution in [2.45, 2.75) is 32.7 Å². The van der Waals surface area contributed by atoms with Crippen LogP contribution in [0.3, 0.4) is 0 Å². The second-order valence-electron chi connectivity index (χ2n) is 5.34. The molecule has 19 heavy (non-hydrogen) atoms. The maximum atomic E-state index is 4.28. The number of rotatable bonds is 4. The number of aromatic nitrogens is 1. The van der Waals surface area contributed by atoms with Gasteiger partial charge in [-0.25, -0.2) is 0 Å². The maximum Gasteiger partial charge on any atom is 0.0589 e. The van der Waals surface area contributed by atoms with Crippen LogP contribution >= 0.6 is 0 Å². The molecule has 1 aromatic carbocycles. The fraction of sp³-hybridized carbons (Fsp3) is 0.353. The van der Waals surface area contributed by atoms with Crippen LogP contribution in [0.15, 0.2) is 42.7 Å². The van der Waals surface area contributed by atoms with Crippen molar-refractivity contribution in [3.63, 3.8) is 0 Å². The Balaban J connectivity index is 2.31. The highest BCUT2D eigenvalue weighted by Crippen LogP contribution is 2.23. The van der Waals surface area contributed by atoms with Crippen LogP contribution in [0.1, 0.15) is 48.1 Å². The molecule has 0 aliphatic carbocycles. The van der Waals surface area contributed by atoms with Crippen LogP contribution in [-0.4, -0.2) is 12.0 Å². The highest BCUT2D eigenvalue weighted by atomic mass is 14.9. The van der Waals surface area contributed by atoms with Gasteiger partial charge in [0, 0.05) is 12.4 Å². The topological polar surface area (TPSA) is 24.9 Å². The third-order valence-electron chi connectivity index (χ3n) is 3.45. The van der Waals surface area contributed by atoms with E-state index in [4.69, 9.17) is 0 Å². The number of hydrogen-bond acceptors (Lipinski definition) is 2. The smallest absolute Gasteiger partial charge is 0.0589 e.